The molecule has 118 valence electrons. The van der Waals surface area contributed by atoms with Crippen LogP contribution in [-0.2, 0) is 4.79 Å². The van der Waals surface area contributed by atoms with Crippen LogP contribution >= 0.6 is 0 Å². The Labute approximate surface area is 129 Å². The second-order valence-electron chi connectivity index (χ2n) is 5.28. The lowest BCUT2D eigenvalue weighted by atomic mass is 10.1. The first kappa shape index (κ1) is 15.9. The summed E-state index contributed by atoms with van der Waals surface area (Å²) in [6.45, 7) is 3.96. The van der Waals surface area contributed by atoms with Gasteiger partial charge in [-0.1, -0.05) is 25.1 Å². The molecule has 0 bridgehead atoms. The number of ether oxygens (including phenoxy) is 2. The van der Waals surface area contributed by atoms with Crippen molar-refractivity contribution < 1.29 is 18.8 Å². The van der Waals surface area contributed by atoms with Crippen molar-refractivity contribution in [1.29, 1.82) is 0 Å². The van der Waals surface area contributed by atoms with Gasteiger partial charge < -0.3 is 14.0 Å². The molecule has 2 rings (SSSR count). The molecule has 22 heavy (non-hydrogen) atoms. The molecule has 1 N–H and O–H groups in total. The van der Waals surface area contributed by atoms with Gasteiger partial charge in [-0.3, -0.25) is 10.1 Å². The summed E-state index contributed by atoms with van der Waals surface area (Å²) in [5.41, 5.74) is 1.51. The van der Waals surface area contributed by atoms with Gasteiger partial charge in [-0.05, 0) is 23.6 Å². The smallest absolute Gasteiger partial charge is 0.239 e. The van der Waals surface area contributed by atoms with Gasteiger partial charge in [-0.2, -0.15) is 0 Å². The van der Waals surface area contributed by atoms with Crippen LogP contribution < -0.4 is 14.8 Å². The summed E-state index contributed by atoms with van der Waals surface area (Å²) in [4.78, 5) is 11.9. The zero-order valence-corrected chi connectivity index (χ0v) is 13.2. The highest BCUT2D eigenvalue weighted by atomic mass is 16.5. The van der Waals surface area contributed by atoms with Crippen molar-refractivity contribution in [3.63, 3.8) is 0 Å². The molecule has 0 saturated carbocycles. The molecule has 0 aliphatic carbocycles. The maximum Gasteiger partial charge on any atom is 0.239 e. The van der Waals surface area contributed by atoms with Crippen LogP contribution in [0.3, 0.4) is 0 Å². The third kappa shape index (κ3) is 3.58. The average Bonchev–Trinajstić information content (AvgIpc) is 2.93. The van der Waals surface area contributed by atoms with E-state index in [4.69, 9.17) is 14.0 Å². The van der Waals surface area contributed by atoms with Crippen LogP contribution in [0.1, 0.15) is 20.3 Å². The van der Waals surface area contributed by atoms with Gasteiger partial charge in [0, 0.05) is 6.42 Å². The molecule has 1 aromatic heterocycles. The predicted octanol–water partition coefficient (Wildman–Crippen LogP) is 3.34. The van der Waals surface area contributed by atoms with E-state index in [2.05, 4.69) is 10.5 Å². The fraction of sp³-hybridized carbons (Fsp3) is 0.375. The lowest BCUT2D eigenvalue weighted by molar-refractivity contribution is -0.116. The number of nitrogens with one attached hydrogen (secondary N) is 1. The highest BCUT2D eigenvalue weighted by Crippen LogP contribution is 2.35. The molecule has 0 unspecified atom stereocenters. The molecule has 6 heteroatoms. The number of rotatable bonds is 6. The van der Waals surface area contributed by atoms with Gasteiger partial charge in [0.05, 0.1) is 26.0 Å². The minimum atomic E-state index is -0.103. The molecular formula is C16H20N2O4. The number of benzene rings is 1. The van der Waals surface area contributed by atoms with E-state index in [1.807, 2.05) is 26.0 Å². The van der Waals surface area contributed by atoms with E-state index in [0.717, 1.165) is 5.56 Å². The van der Waals surface area contributed by atoms with Crippen LogP contribution in [0, 0.1) is 5.92 Å². The monoisotopic (exact) mass is 304 g/mol. The third-order valence-corrected chi connectivity index (χ3v) is 3.11. The maximum absolute atomic E-state index is 11.9. The molecule has 0 radical (unpaired) electrons. The molecule has 0 aliphatic heterocycles. The number of anilines is 1. The molecule has 6 nitrogen and oxygen atoms in total. The quantitative estimate of drug-likeness (QED) is 0.886. The van der Waals surface area contributed by atoms with Crippen LogP contribution in [-0.4, -0.2) is 25.3 Å². The van der Waals surface area contributed by atoms with Crippen molar-refractivity contribution in [1.82, 2.24) is 5.16 Å². The molecule has 1 aromatic carbocycles. The van der Waals surface area contributed by atoms with Gasteiger partial charge in [-0.25, -0.2) is 0 Å². The van der Waals surface area contributed by atoms with Gasteiger partial charge in [0.2, 0.25) is 11.8 Å². The van der Waals surface area contributed by atoms with Crippen molar-refractivity contribution in [2.45, 2.75) is 20.3 Å². The number of carbonyl (C=O) groups excluding carboxylic acids is 1. The first-order valence-electron chi connectivity index (χ1n) is 7.02. The van der Waals surface area contributed by atoms with Crippen LogP contribution in [0.25, 0.3) is 11.1 Å². The van der Waals surface area contributed by atoms with E-state index < -0.39 is 0 Å². The maximum atomic E-state index is 11.9. The van der Waals surface area contributed by atoms with Gasteiger partial charge in [-0.15, -0.1) is 0 Å². The van der Waals surface area contributed by atoms with Gasteiger partial charge in [0.1, 0.15) is 0 Å². The van der Waals surface area contributed by atoms with Gasteiger partial charge >= 0.3 is 0 Å². The van der Waals surface area contributed by atoms with Crippen molar-refractivity contribution in [3.05, 3.63) is 24.4 Å². The number of carbonyl (C=O) groups is 1. The molecule has 1 amide bonds. The summed E-state index contributed by atoms with van der Waals surface area (Å²) in [6, 6.07) is 5.45. The lowest BCUT2D eigenvalue weighted by Crippen LogP contribution is -2.13. The normalized spacial score (nSPS) is 10.6. The largest absolute Gasteiger partial charge is 0.493 e. The first-order chi connectivity index (χ1) is 10.5. The van der Waals surface area contributed by atoms with Crippen molar-refractivity contribution in [2.75, 3.05) is 19.5 Å². The molecular weight excluding hydrogens is 284 g/mol. The molecule has 0 fully saturated rings. The Kier molecular flexibility index (Phi) is 5.04. The first-order valence-corrected chi connectivity index (χ1v) is 7.02. The number of hydrogen-bond acceptors (Lipinski definition) is 5. The van der Waals surface area contributed by atoms with Crippen LogP contribution in [0.2, 0.25) is 0 Å². The molecule has 0 spiro atoms. The summed E-state index contributed by atoms with van der Waals surface area (Å²) in [6.07, 6.45) is 1.98. The Morgan fingerprint density at radius 3 is 2.64 bits per heavy atom. The average molecular weight is 304 g/mol. The highest BCUT2D eigenvalue weighted by Gasteiger charge is 2.16. The van der Waals surface area contributed by atoms with Crippen molar-refractivity contribution in [2.24, 2.45) is 5.92 Å². The van der Waals surface area contributed by atoms with Crippen molar-refractivity contribution in [3.8, 4) is 22.6 Å². The number of amides is 1. The van der Waals surface area contributed by atoms with Gasteiger partial charge in [0.15, 0.2) is 11.5 Å². The fourth-order valence-electron chi connectivity index (χ4n) is 2.09. The zero-order valence-electron chi connectivity index (χ0n) is 13.2. The minimum absolute atomic E-state index is 0.103. The molecule has 1 heterocycles. The van der Waals surface area contributed by atoms with Crippen LogP contribution in [0.4, 0.5) is 5.88 Å². The second kappa shape index (κ2) is 6.98. The number of aromatic nitrogens is 1. The topological polar surface area (TPSA) is 73.6 Å². The van der Waals surface area contributed by atoms with Crippen LogP contribution in [0.5, 0.6) is 11.5 Å². The van der Waals surface area contributed by atoms with Crippen LogP contribution in [0.15, 0.2) is 28.9 Å². The zero-order chi connectivity index (χ0) is 16.1. The molecule has 0 saturated heterocycles. The van der Waals surface area contributed by atoms with E-state index in [1.54, 1.807) is 26.5 Å². The van der Waals surface area contributed by atoms with E-state index in [0.29, 0.717) is 29.4 Å². The number of methoxy groups -OCH3 is 2. The summed E-state index contributed by atoms with van der Waals surface area (Å²) >= 11 is 0. The Balaban J connectivity index is 2.27. The Bertz CT molecular complexity index is 649. The Morgan fingerprint density at radius 1 is 1.27 bits per heavy atom. The van der Waals surface area contributed by atoms with E-state index in [-0.39, 0.29) is 11.8 Å². The third-order valence-electron chi connectivity index (χ3n) is 3.11. The fourth-order valence-corrected chi connectivity index (χ4v) is 2.09. The second-order valence-corrected chi connectivity index (χ2v) is 5.28. The van der Waals surface area contributed by atoms with E-state index in [9.17, 15) is 4.79 Å². The number of nitrogens with zero attached hydrogens (tertiary/aromatic N) is 1. The van der Waals surface area contributed by atoms with E-state index >= 15 is 0 Å². The predicted molar refractivity (Wildman–Crippen MR) is 83.1 cm³/mol. The molecule has 0 atom stereocenters. The van der Waals surface area contributed by atoms with Crippen molar-refractivity contribution >= 4 is 11.8 Å². The summed E-state index contributed by atoms with van der Waals surface area (Å²) < 4.78 is 15.6. The molecule has 0 aliphatic rings. The SMILES string of the molecule is COc1ccc(-c2cnoc2NC(=O)CC(C)C)cc1OC. The highest BCUT2D eigenvalue weighted by molar-refractivity contribution is 5.93. The summed E-state index contributed by atoms with van der Waals surface area (Å²) in [5, 5.41) is 6.51. The summed E-state index contributed by atoms with van der Waals surface area (Å²) in [7, 11) is 3.15. The standard InChI is InChI=1S/C16H20N2O4/c1-10(2)7-15(19)18-16-12(9-17-22-16)11-5-6-13(20-3)14(8-11)21-4/h5-6,8-10H,7H2,1-4H3,(H,18,19). The summed E-state index contributed by atoms with van der Waals surface area (Å²) in [5.74, 6) is 1.73. The Hall–Kier alpha value is -2.50. The molecule has 2 aromatic rings. The van der Waals surface area contributed by atoms with E-state index in [1.165, 1.54) is 0 Å². The number of hydrogen-bond donors (Lipinski definition) is 1. The minimum Gasteiger partial charge on any atom is -0.493 e. The van der Waals surface area contributed by atoms with Gasteiger partial charge in [0.25, 0.3) is 0 Å². The Morgan fingerprint density at radius 2 is 2.00 bits per heavy atom. The lowest BCUT2D eigenvalue weighted by Gasteiger charge is -2.10.